The Morgan fingerprint density at radius 2 is 1.87 bits per heavy atom. The van der Waals surface area contributed by atoms with Crippen molar-refractivity contribution in [2.24, 2.45) is 5.92 Å². The lowest BCUT2D eigenvalue weighted by molar-refractivity contribution is -0.124. The number of fused-ring (bicyclic) bond motifs is 1. The summed E-state index contributed by atoms with van der Waals surface area (Å²) in [6.07, 6.45) is 6.72. The minimum absolute atomic E-state index is 0.156. The zero-order chi connectivity index (χ0) is 21.2. The molecular formula is C24H29N5OS. The number of thiazole rings is 1. The Morgan fingerprint density at radius 3 is 2.61 bits per heavy atom. The van der Waals surface area contributed by atoms with Crippen LogP contribution in [0.4, 0.5) is 0 Å². The van der Waals surface area contributed by atoms with E-state index in [0.717, 1.165) is 53.0 Å². The minimum atomic E-state index is 0.156. The maximum atomic E-state index is 13.0. The summed E-state index contributed by atoms with van der Waals surface area (Å²) < 4.78 is 0. The highest BCUT2D eigenvalue weighted by Gasteiger charge is 2.30. The number of hydrogen-bond donors (Lipinski definition) is 0. The van der Waals surface area contributed by atoms with Crippen LogP contribution in [-0.2, 0) is 11.2 Å². The van der Waals surface area contributed by atoms with Crippen LogP contribution in [-0.4, -0.2) is 70.0 Å². The Labute approximate surface area is 187 Å². The third kappa shape index (κ3) is 4.68. The highest BCUT2D eigenvalue weighted by atomic mass is 32.1. The highest BCUT2D eigenvalue weighted by molar-refractivity contribution is 7.13. The van der Waals surface area contributed by atoms with Gasteiger partial charge in [0, 0.05) is 23.5 Å². The molecule has 7 heteroatoms. The third-order valence-corrected chi connectivity index (χ3v) is 7.72. The van der Waals surface area contributed by atoms with Gasteiger partial charge in [-0.3, -0.25) is 9.78 Å². The number of aromatic nitrogens is 3. The van der Waals surface area contributed by atoms with Crippen molar-refractivity contribution in [1.29, 1.82) is 0 Å². The molecule has 0 N–H and O–H groups in total. The normalized spacial score (nSPS) is 19.8. The number of Topliss-reactive ketones (excluding diaryl/α,β-unsaturated/α-hetero) is 1. The lowest BCUT2D eigenvalue weighted by Crippen LogP contribution is -2.47. The monoisotopic (exact) mass is 435 g/mol. The number of piperidine rings is 2. The molecular weight excluding hydrogens is 406 g/mol. The molecule has 4 heterocycles. The summed E-state index contributed by atoms with van der Waals surface area (Å²) in [5.74, 6) is 0.471. The van der Waals surface area contributed by atoms with Crippen LogP contribution in [0.15, 0.2) is 36.0 Å². The van der Waals surface area contributed by atoms with Crippen molar-refractivity contribution in [3.63, 3.8) is 0 Å². The third-order valence-electron chi connectivity index (χ3n) is 6.90. The van der Waals surface area contributed by atoms with Crippen molar-refractivity contribution in [2.45, 2.75) is 38.1 Å². The number of hydrogen-bond acceptors (Lipinski definition) is 7. The molecule has 2 fully saturated rings. The minimum Gasteiger partial charge on any atom is -0.306 e. The molecule has 3 aromatic rings. The summed E-state index contributed by atoms with van der Waals surface area (Å²) >= 11 is 1.62. The van der Waals surface area contributed by atoms with Crippen molar-refractivity contribution in [3.8, 4) is 10.4 Å². The van der Waals surface area contributed by atoms with E-state index in [1.54, 1.807) is 11.3 Å². The van der Waals surface area contributed by atoms with Crippen molar-refractivity contribution < 1.29 is 4.79 Å². The highest BCUT2D eigenvalue weighted by Crippen LogP contribution is 2.27. The molecule has 31 heavy (non-hydrogen) atoms. The molecule has 2 aromatic heterocycles. The molecule has 6 nitrogen and oxygen atoms in total. The number of likely N-dealkylation sites (tertiary alicyclic amines) is 2. The van der Waals surface area contributed by atoms with Crippen LogP contribution in [0, 0.1) is 5.92 Å². The summed E-state index contributed by atoms with van der Waals surface area (Å²) in [6, 6.07) is 8.88. The molecule has 0 unspecified atom stereocenters. The second-order valence-corrected chi connectivity index (χ2v) is 9.85. The first-order chi connectivity index (χ1) is 15.2. The Bertz CT molecular complexity index is 1040. The lowest BCUT2D eigenvalue weighted by Gasteiger charge is -2.40. The molecule has 0 amide bonds. The number of ketones is 1. The molecule has 0 aliphatic carbocycles. The SMILES string of the molecule is CN1CCC(N2CCC(C(=O)Cc3cc4cc(-c5cncs5)ccc4nn3)CC2)CC1. The fourth-order valence-electron chi connectivity index (χ4n) is 4.96. The van der Waals surface area contributed by atoms with Gasteiger partial charge in [0.2, 0.25) is 0 Å². The molecule has 0 spiro atoms. The van der Waals surface area contributed by atoms with Gasteiger partial charge in [0.05, 0.1) is 28.0 Å². The van der Waals surface area contributed by atoms with Crippen LogP contribution in [0.1, 0.15) is 31.4 Å². The average molecular weight is 436 g/mol. The first-order valence-corrected chi connectivity index (χ1v) is 12.1. The standard InChI is InChI=1S/C24H29N5OS/c1-28-8-6-21(7-9-28)29-10-4-17(5-11-29)23(30)14-20-13-19-12-18(24-15-25-16-31-24)2-3-22(19)27-26-20/h2-3,12-13,15-17,21H,4-11,14H2,1H3. The number of carbonyl (C=O) groups is 1. The van der Waals surface area contributed by atoms with E-state index in [-0.39, 0.29) is 5.92 Å². The molecule has 5 rings (SSSR count). The summed E-state index contributed by atoms with van der Waals surface area (Å²) in [5, 5.41) is 9.72. The molecule has 0 saturated carbocycles. The Balaban J connectivity index is 1.21. The predicted molar refractivity (Wildman–Crippen MR) is 124 cm³/mol. The fourth-order valence-corrected chi connectivity index (χ4v) is 5.58. The van der Waals surface area contributed by atoms with Crippen LogP contribution < -0.4 is 0 Å². The Kier molecular flexibility index (Phi) is 6.07. The Morgan fingerprint density at radius 1 is 1.06 bits per heavy atom. The van der Waals surface area contributed by atoms with E-state index in [4.69, 9.17) is 0 Å². The van der Waals surface area contributed by atoms with Crippen molar-refractivity contribution in [3.05, 3.63) is 41.7 Å². The number of nitrogens with zero attached hydrogens (tertiary/aromatic N) is 5. The van der Waals surface area contributed by atoms with Crippen LogP contribution in [0.25, 0.3) is 21.3 Å². The van der Waals surface area contributed by atoms with E-state index < -0.39 is 0 Å². The molecule has 2 aliphatic rings. The van der Waals surface area contributed by atoms with Crippen molar-refractivity contribution in [1.82, 2.24) is 25.0 Å². The van der Waals surface area contributed by atoms with E-state index in [1.165, 1.54) is 25.9 Å². The molecule has 1 aromatic carbocycles. The van der Waals surface area contributed by atoms with Crippen LogP contribution in [0.5, 0.6) is 0 Å². The topological polar surface area (TPSA) is 62.2 Å². The van der Waals surface area contributed by atoms with Gasteiger partial charge < -0.3 is 9.80 Å². The smallest absolute Gasteiger partial charge is 0.142 e. The second kappa shape index (κ2) is 9.10. The largest absolute Gasteiger partial charge is 0.306 e. The van der Waals surface area contributed by atoms with Gasteiger partial charge in [-0.1, -0.05) is 6.07 Å². The van der Waals surface area contributed by atoms with E-state index in [1.807, 2.05) is 29.9 Å². The molecule has 2 aliphatic heterocycles. The molecule has 0 atom stereocenters. The maximum Gasteiger partial charge on any atom is 0.142 e. The average Bonchev–Trinajstić information content (AvgIpc) is 3.34. The van der Waals surface area contributed by atoms with Gasteiger partial charge >= 0.3 is 0 Å². The van der Waals surface area contributed by atoms with E-state index >= 15 is 0 Å². The van der Waals surface area contributed by atoms with Crippen LogP contribution in [0.2, 0.25) is 0 Å². The fraction of sp³-hybridized carbons (Fsp3) is 0.500. The van der Waals surface area contributed by atoms with Gasteiger partial charge in [-0.25, -0.2) is 0 Å². The lowest BCUT2D eigenvalue weighted by atomic mass is 9.88. The molecule has 162 valence electrons. The quantitative estimate of drug-likeness (QED) is 0.609. The zero-order valence-electron chi connectivity index (χ0n) is 18.0. The summed E-state index contributed by atoms with van der Waals surface area (Å²) in [6.45, 7) is 4.47. The van der Waals surface area contributed by atoms with Gasteiger partial charge in [0.15, 0.2) is 0 Å². The maximum absolute atomic E-state index is 13.0. The van der Waals surface area contributed by atoms with Gasteiger partial charge in [-0.15, -0.1) is 11.3 Å². The van der Waals surface area contributed by atoms with E-state index in [2.05, 4.69) is 38.1 Å². The first kappa shape index (κ1) is 20.7. The van der Waals surface area contributed by atoms with Gasteiger partial charge in [-0.05, 0) is 82.7 Å². The molecule has 2 saturated heterocycles. The van der Waals surface area contributed by atoms with Gasteiger partial charge in [-0.2, -0.15) is 10.2 Å². The number of carbonyl (C=O) groups excluding carboxylic acids is 1. The number of benzene rings is 1. The molecule has 0 bridgehead atoms. The van der Waals surface area contributed by atoms with Crippen molar-refractivity contribution >= 4 is 28.0 Å². The van der Waals surface area contributed by atoms with E-state index in [9.17, 15) is 4.79 Å². The molecule has 0 radical (unpaired) electrons. The van der Waals surface area contributed by atoms with E-state index in [0.29, 0.717) is 18.2 Å². The van der Waals surface area contributed by atoms with Crippen molar-refractivity contribution in [2.75, 3.05) is 33.2 Å². The summed E-state index contributed by atoms with van der Waals surface area (Å²) in [5.41, 5.74) is 4.60. The second-order valence-electron chi connectivity index (χ2n) is 8.96. The first-order valence-electron chi connectivity index (χ1n) is 11.3. The predicted octanol–water partition coefficient (Wildman–Crippen LogP) is 3.67. The zero-order valence-corrected chi connectivity index (χ0v) is 18.9. The van der Waals surface area contributed by atoms with Crippen LogP contribution in [0.3, 0.4) is 0 Å². The van der Waals surface area contributed by atoms with Crippen LogP contribution >= 0.6 is 11.3 Å². The number of rotatable bonds is 5. The summed E-state index contributed by atoms with van der Waals surface area (Å²) in [7, 11) is 2.21. The van der Waals surface area contributed by atoms with Gasteiger partial charge in [0.25, 0.3) is 0 Å². The summed E-state index contributed by atoms with van der Waals surface area (Å²) in [4.78, 5) is 23.3. The van der Waals surface area contributed by atoms with Gasteiger partial charge in [0.1, 0.15) is 5.78 Å². The Hall–Kier alpha value is -2.22.